The lowest BCUT2D eigenvalue weighted by Gasteiger charge is -2.24. The fourth-order valence-corrected chi connectivity index (χ4v) is 3.40. The first kappa shape index (κ1) is 16.7. The zero-order valence-corrected chi connectivity index (χ0v) is 13.6. The van der Waals surface area contributed by atoms with Crippen molar-refractivity contribution in [2.75, 3.05) is 13.3 Å². The molecule has 2 aromatic rings. The van der Waals surface area contributed by atoms with E-state index in [1.807, 2.05) is 0 Å². The van der Waals surface area contributed by atoms with Crippen molar-refractivity contribution in [3.8, 4) is 11.5 Å². The molecule has 2 aromatic carbocycles. The first-order chi connectivity index (χ1) is 11.3. The molecule has 0 fully saturated rings. The molecule has 0 bridgehead atoms. The van der Waals surface area contributed by atoms with Crippen LogP contribution in [-0.2, 0) is 15.6 Å². The highest BCUT2D eigenvalue weighted by Gasteiger charge is 2.28. The molecule has 0 radical (unpaired) electrons. The molecule has 24 heavy (non-hydrogen) atoms. The summed E-state index contributed by atoms with van der Waals surface area (Å²) in [5, 5.41) is 10.6. The van der Waals surface area contributed by atoms with Gasteiger partial charge in [0.05, 0.1) is 4.90 Å². The van der Waals surface area contributed by atoms with Crippen molar-refractivity contribution in [3.05, 3.63) is 53.8 Å². The predicted octanol–water partition coefficient (Wildman–Crippen LogP) is 1.74. The van der Waals surface area contributed by atoms with E-state index in [4.69, 9.17) is 9.47 Å². The van der Waals surface area contributed by atoms with Gasteiger partial charge in [0.15, 0.2) is 11.5 Å². The van der Waals surface area contributed by atoms with E-state index in [0.29, 0.717) is 17.1 Å². The van der Waals surface area contributed by atoms with Gasteiger partial charge in [0.2, 0.25) is 16.8 Å². The number of hydrogen-bond acceptors (Lipinski definition) is 5. The SMILES string of the molecule is CC(O)(CNS(=O)(=O)c1ccc(F)cc1)c1ccc2c(c1)OCO2. The maximum Gasteiger partial charge on any atom is 0.240 e. The monoisotopic (exact) mass is 353 g/mol. The summed E-state index contributed by atoms with van der Waals surface area (Å²) >= 11 is 0. The minimum Gasteiger partial charge on any atom is -0.454 e. The number of aliphatic hydroxyl groups is 1. The maximum absolute atomic E-state index is 12.9. The number of rotatable bonds is 5. The molecule has 3 rings (SSSR count). The molecule has 0 saturated heterocycles. The first-order valence-electron chi connectivity index (χ1n) is 7.16. The smallest absolute Gasteiger partial charge is 0.240 e. The van der Waals surface area contributed by atoms with Crippen LogP contribution in [0.4, 0.5) is 4.39 Å². The van der Waals surface area contributed by atoms with Crippen LogP contribution in [0.1, 0.15) is 12.5 Å². The van der Waals surface area contributed by atoms with Crippen LogP contribution in [0.2, 0.25) is 0 Å². The van der Waals surface area contributed by atoms with Crippen molar-refractivity contribution < 1.29 is 27.4 Å². The second-order valence-electron chi connectivity index (χ2n) is 5.62. The number of sulfonamides is 1. The quantitative estimate of drug-likeness (QED) is 0.855. The van der Waals surface area contributed by atoms with Crippen molar-refractivity contribution >= 4 is 10.0 Å². The molecule has 8 heteroatoms. The van der Waals surface area contributed by atoms with Gasteiger partial charge in [0, 0.05) is 6.54 Å². The molecule has 0 aromatic heterocycles. The standard InChI is InChI=1S/C16H16FNO5S/c1-16(19,11-2-7-14-15(8-11)23-10-22-14)9-18-24(20,21)13-5-3-12(17)4-6-13/h2-8,18-19H,9-10H2,1H3. The van der Waals surface area contributed by atoms with Crippen molar-refractivity contribution in [3.63, 3.8) is 0 Å². The van der Waals surface area contributed by atoms with E-state index in [9.17, 15) is 17.9 Å². The molecule has 2 N–H and O–H groups in total. The molecule has 0 spiro atoms. The second kappa shape index (κ2) is 6.04. The number of nitrogens with one attached hydrogen (secondary N) is 1. The Labute approximate surface area is 138 Å². The molecule has 1 heterocycles. The van der Waals surface area contributed by atoms with E-state index in [0.717, 1.165) is 24.3 Å². The van der Waals surface area contributed by atoms with Crippen LogP contribution in [0.25, 0.3) is 0 Å². The van der Waals surface area contributed by atoms with Gasteiger partial charge < -0.3 is 14.6 Å². The summed E-state index contributed by atoms with van der Waals surface area (Å²) in [6.07, 6.45) is 0. The first-order valence-corrected chi connectivity index (χ1v) is 8.64. The molecular formula is C16H16FNO5S. The third-order valence-corrected chi connectivity index (χ3v) is 5.14. The van der Waals surface area contributed by atoms with Gasteiger partial charge >= 0.3 is 0 Å². The Morgan fingerprint density at radius 2 is 1.83 bits per heavy atom. The summed E-state index contributed by atoms with van der Waals surface area (Å²) in [4.78, 5) is -0.0783. The number of fused-ring (bicyclic) bond motifs is 1. The van der Waals surface area contributed by atoms with Crippen molar-refractivity contribution in [2.24, 2.45) is 0 Å². The number of benzene rings is 2. The highest BCUT2D eigenvalue weighted by atomic mass is 32.2. The molecule has 128 valence electrons. The van der Waals surface area contributed by atoms with Crippen LogP contribution < -0.4 is 14.2 Å². The molecule has 1 aliphatic rings. The van der Waals surface area contributed by atoms with Gasteiger partial charge in [0.25, 0.3) is 0 Å². The van der Waals surface area contributed by atoms with Gasteiger partial charge in [-0.1, -0.05) is 6.07 Å². The van der Waals surface area contributed by atoms with Gasteiger partial charge in [-0.15, -0.1) is 0 Å². The Morgan fingerprint density at radius 3 is 2.54 bits per heavy atom. The Bertz CT molecular complexity index is 849. The van der Waals surface area contributed by atoms with Crippen LogP contribution in [-0.4, -0.2) is 26.9 Å². The Morgan fingerprint density at radius 1 is 1.17 bits per heavy atom. The zero-order valence-electron chi connectivity index (χ0n) is 12.8. The van der Waals surface area contributed by atoms with Crippen LogP contribution in [0.15, 0.2) is 47.4 Å². The highest BCUT2D eigenvalue weighted by molar-refractivity contribution is 7.89. The van der Waals surface area contributed by atoms with Gasteiger partial charge in [0.1, 0.15) is 11.4 Å². The predicted molar refractivity (Wildman–Crippen MR) is 83.7 cm³/mol. The second-order valence-corrected chi connectivity index (χ2v) is 7.39. The Balaban J connectivity index is 1.76. The summed E-state index contributed by atoms with van der Waals surface area (Å²) in [5.41, 5.74) is -0.984. The van der Waals surface area contributed by atoms with Gasteiger partial charge in [-0.25, -0.2) is 17.5 Å². The summed E-state index contributed by atoms with van der Waals surface area (Å²) in [6.45, 7) is 1.34. The Hall–Kier alpha value is -2.16. The lowest BCUT2D eigenvalue weighted by atomic mass is 9.96. The average molecular weight is 353 g/mol. The summed E-state index contributed by atoms with van der Waals surface area (Å²) in [6, 6.07) is 9.34. The van der Waals surface area contributed by atoms with Crippen molar-refractivity contribution in [1.29, 1.82) is 0 Å². The van der Waals surface area contributed by atoms with Crippen LogP contribution in [0, 0.1) is 5.82 Å². The van der Waals surface area contributed by atoms with E-state index in [1.54, 1.807) is 18.2 Å². The van der Waals surface area contributed by atoms with Crippen LogP contribution in [0.5, 0.6) is 11.5 Å². The topological polar surface area (TPSA) is 84.9 Å². The molecule has 0 aliphatic carbocycles. The molecule has 6 nitrogen and oxygen atoms in total. The lowest BCUT2D eigenvalue weighted by Crippen LogP contribution is -2.38. The zero-order chi connectivity index (χ0) is 17.4. The van der Waals surface area contributed by atoms with Gasteiger partial charge in [-0.3, -0.25) is 0 Å². The summed E-state index contributed by atoms with van der Waals surface area (Å²) < 4.78 is 50.1. The van der Waals surface area contributed by atoms with Gasteiger partial charge in [-0.2, -0.15) is 0 Å². The average Bonchev–Trinajstić information content (AvgIpc) is 3.01. The molecule has 1 atom stereocenters. The largest absolute Gasteiger partial charge is 0.454 e. The fraction of sp³-hybridized carbons (Fsp3) is 0.250. The molecule has 1 unspecified atom stereocenters. The lowest BCUT2D eigenvalue weighted by molar-refractivity contribution is 0.0625. The van der Waals surface area contributed by atoms with E-state index in [-0.39, 0.29) is 18.2 Å². The maximum atomic E-state index is 12.9. The molecular weight excluding hydrogens is 337 g/mol. The minimum atomic E-state index is -3.86. The molecule has 0 saturated carbocycles. The Kier molecular flexibility index (Phi) is 4.20. The minimum absolute atomic E-state index is 0.0783. The number of ether oxygens (including phenoxy) is 2. The highest BCUT2D eigenvalue weighted by Crippen LogP contribution is 2.35. The summed E-state index contributed by atoms with van der Waals surface area (Å²) in [5.74, 6) is 0.539. The number of halogens is 1. The third-order valence-electron chi connectivity index (χ3n) is 3.72. The van der Waals surface area contributed by atoms with E-state index in [1.165, 1.54) is 6.92 Å². The number of hydrogen-bond donors (Lipinski definition) is 2. The van der Waals surface area contributed by atoms with Crippen molar-refractivity contribution in [1.82, 2.24) is 4.72 Å². The summed E-state index contributed by atoms with van der Waals surface area (Å²) in [7, 11) is -3.86. The van der Waals surface area contributed by atoms with Gasteiger partial charge in [-0.05, 0) is 48.9 Å². The fourth-order valence-electron chi connectivity index (χ4n) is 2.27. The van der Waals surface area contributed by atoms with Crippen LogP contribution >= 0.6 is 0 Å². The van der Waals surface area contributed by atoms with Crippen molar-refractivity contribution in [2.45, 2.75) is 17.4 Å². The van der Waals surface area contributed by atoms with E-state index >= 15 is 0 Å². The third kappa shape index (κ3) is 3.35. The molecule has 0 amide bonds. The normalized spacial score (nSPS) is 16.0. The molecule has 1 aliphatic heterocycles. The van der Waals surface area contributed by atoms with E-state index in [2.05, 4.69) is 4.72 Å². The van der Waals surface area contributed by atoms with Crippen LogP contribution in [0.3, 0.4) is 0 Å². The van der Waals surface area contributed by atoms with E-state index < -0.39 is 21.4 Å².